The van der Waals surface area contributed by atoms with Crippen molar-refractivity contribution in [2.75, 3.05) is 18.6 Å². The van der Waals surface area contributed by atoms with Crippen molar-refractivity contribution < 1.29 is 14.4 Å². The van der Waals surface area contributed by atoms with Crippen LogP contribution in [0.2, 0.25) is 0 Å². The van der Waals surface area contributed by atoms with Gasteiger partial charge in [0, 0.05) is 22.2 Å². The molecule has 0 aliphatic carbocycles. The predicted molar refractivity (Wildman–Crippen MR) is 135 cm³/mol. The molecule has 3 aromatic carbocycles. The Hall–Kier alpha value is -3.39. The van der Waals surface area contributed by atoms with Crippen molar-refractivity contribution in [3.8, 4) is 11.5 Å². The minimum atomic E-state index is -0.441. The van der Waals surface area contributed by atoms with Gasteiger partial charge in [-0.15, -0.1) is 0 Å². The minimum Gasteiger partial charge on any atom is -0.490 e. The van der Waals surface area contributed by atoms with E-state index in [2.05, 4.69) is 52.4 Å². The number of hydrogen-bond acceptors (Lipinski definition) is 6. The first-order valence-electron chi connectivity index (χ1n) is 10.6. The van der Waals surface area contributed by atoms with Crippen molar-refractivity contribution in [2.24, 2.45) is 5.10 Å². The van der Waals surface area contributed by atoms with Crippen molar-refractivity contribution in [3.63, 3.8) is 0 Å². The Morgan fingerprint density at radius 3 is 2.42 bits per heavy atom. The van der Waals surface area contributed by atoms with Crippen LogP contribution in [0.15, 0.2) is 76.3 Å². The van der Waals surface area contributed by atoms with E-state index in [0.717, 1.165) is 22.2 Å². The van der Waals surface area contributed by atoms with Gasteiger partial charge in [-0.3, -0.25) is 15.5 Å². The number of non-ortho nitro benzene ring substituents is 1. The Bertz CT molecular complexity index is 1090. The van der Waals surface area contributed by atoms with E-state index in [1.165, 1.54) is 17.7 Å². The van der Waals surface area contributed by atoms with Gasteiger partial charge in [0.25, 0.3) is 5.69 Å². The van der Waals surface area contributed by atoms with Gasteiger partial charge in [0.2, 0.25) is 0 Å². The van der Waals surface area contributed by atoms with Crippen LogP contribution in [-0.2, 0) is 0 Å². The number of hydrazone groups is 1. The topological polar surface area (TPSA) is 86.0 Å². The highest BCUT2D eigenvalue weighted by molar-refractivity contribution is 9.10. The standard InChI is InChI=1S/C25H26BrN3O4/c1-3-18(2)19-4-11-24(12-5-19)32-14-15-33-25-13-6-21(26)16-20(25)17-27-28-22-7-9-23(10-8-22)29(30)31/h4-13,16-18,28H,3,14-15H2,1-2H3/b27-17-/t18-/m1/s1. The summed E-state index contributed by atoms with van der Waals surface area (Å²) in [5.74, 6) is 2.02. The molecule has 3 rings (SSSR count). The summed E-state index contributed by atoms with van der Waals surface area (Å²) in [6.45, 7) is 5.19. The van der Waals surface area contributed by atoms with E-state index >= 15 is 0 Å². The van der Waals surface area contributed by atoms with Gasteiger partial charge in [0.1, 0.15) is 24.7 Å². The SMILES string of the molecule is CC[C@@H](C)c1ccc(OCCOc2ccc(Br)cc2/C=N\Nc2ccc([N+](=O)[O-])cc2)cc1. The quantitative estimate of drug-likeness (QED) is 0.133. The molecule has 0 bridgehead atoms. The predicted octanol–water partition coefficient (Wildman–Crippen LogP) is 6.77. The van der Waals surface area contributed by atoms with Gasteiger partial charge in [0.05, 0.1) is 16.8 Å². The molecule has 1 N–H and O–H groups in total. The number of benzene rings is 3. The number of rotatable bonds is 11. The van der Waals surface area contributed by atoms with Crippen LogP contribution >= 0.6 is 15.9 Å². The molecule has 0 radical (unpaired) electrons. The van der Waals surface area contributed by atoms with E-state index < -0.39 is 4.92 Å². The maximum atomic E-state index is 10.7. The second kappa shape index (κ2) is 12.0. The van der Waals surface area contributed by atoms with Crippen LogP contribution in [0, 0.1) is 10.1 Å². The molecule has 1 atom stereocenters. The number of nitro benzene ring substituents is 1. The summed E-state index contributed by atoms with van der Waals surface area (Å²) in [4.78, 5) is 10.3. The first kappa shape index (κ1) is 24.3. The summed E-state index contributed by atoms with van der Waals surface area (Å²) < 4.78 is 12.6. The molecule has 7 nitrogen and oxygen atoms in total. The van der Waals surface area contributed by atoms with E-state index in [0.29, 0.717) is 30.6 Å². The second-order valence-corrected chi connectivity index (χ2v) is 8.35. The highest BCUT2D eigenvalue weighted by Gasteiger charge is 2.06. The first-order chi connectivity index (χ1) is 16.0. The maximum Gasteiger partial charge on any atom is 0.269 e. The molecule has 0 heterocycles. The molecule has 8 heteroatoms. The van der Waals surface area contributed by atoms with Gasteiger partial charge in [-0.25, -0.2) is 0 Å². The Balaban J connectivity index is 1.53. The van der Waals surface area contributed by atoms with Crippen molar-refractivity contribution in [3.05, 3.63) is 92.4 Å². The molecule has 0 saturated heterocycles. The van der Waals surface area contributed by atoms with E-state index in [1.807, 2.05) is 30.3 Å². The molecular weight excluding hydrogens is 486 g/mol. The summed E-state index contributed by atoms with van der Waals surface area (Å²) in [6.07, 6.45) is 2.74. The van der Waals surface area contributed by atoms with Crippen LogP contribution in [-0.4, -0.2) is 24.4 Å². The zero-order chi connectivity index (χ0) is 23.6. The number of hydrogen-bond donors (Lipinski definition) is 1. The molecule has 0 spiro atoms. The third-order valence-corrected chi connectivity index (χ3v) is 5.61. The van der Waals surface area contributed by atoms with E-state index in [9.17, 15) is 10.1 Å². The lowest BCUT2D eigenvalue weighted by atomic mass is 9.99. The fourth-order valence-electron chi connectivity index (χ4n) is 3.03. The van der Waals surface area contributed by atoms with Crippen LogP contribution in [0.4, 0.5) is 11.4 Å². The van der Waals surface area contributed by atoms with Gasteiger partial charge in [-0.1, -0.05) is 41.9 Å². The summed E-state index contributed by atoms with van der Waals surface area (Å²) in [5.41, 5.74) is 5.61. The normalized spacial score (nSPS) is 11.8. The zero-order valence-electron chi connectivity index (χ0n) is 18.5. The van der Waals surface area contributed by atoms with Gasteiger partial charge in [0.15, 0.2) is 0 Å². The minimum absolute atomic E-state index is 0.0286. The van der Waals surface area contributed by atoms with E-state index in [4.69, 9.17) is 9.47 Å². The summed E-state index contributed by atoms with van der Waals surface area (Å²) in [7, 11) is 0. The monoisotopic (exact) mass is 511 g/mol. The number of halogens is 1. The molecule has 0 aliphatic rings. The molecule has 3 aromatic rings. The van der Waals surface area contributed by atoms with Crippen LogP contribution in [0.1, 0.15) is 37.3 Å². The molecule has 0 fully saturated rings. The highest BCUT2D eigenvalue weighted by Crippen LogP contribution is 2.23. The van der Waals surface area contributed by atoms with Gasteiger partial charge >= 0.3 is 0 Å². The molecule has 172 valence electrons. The summed E-state index contributed by atoms with van der Waals surface area (Å²) >= 11 is 3.46. The fourth-order valence-corrected chi connectivity index (χ4v) is 3.40. The zero-order valence-corrected chi connectivity index (χ0v) is 20.1. The third kappa shape index (κ3) is 7.32. The second-order valence-electron chi connectivity index (χ2n) is 7.43. The molecule has 0 aromatic heterocycles. The molecule has 0 aliphatic heterocycles. The first-order valence-corrected chi connectivity index (χ1v) is 11.4. The van der Waals surface area contributed by atoms with Crippen molar-refractivity contribution in [2.45, 2.75) is 26.2 Å². The van der Waals surface area contributed by atoms with Gasteiger partial charge in [-0.05, 0) is 60.4 Å². The fraction of sp³-hybridized carbons (Fsp3) is 0.240. The number of anilines is 1. The Morgan fingerprint density at radius 1 is 1.06 bits per heavy atom. The largest absolute Gasteiger partial charge is 0.490 e. The van der Waals surface area contributed by atoms with Gasteiger partial charge in [-0.2, -0.15) is 5.10 Å². The number of nitrogens with one attached hydrogen (secondary N) is 1. The van der Waals surface area contributed by atoms with Crippen molar-refractivity contribution >= 4 is 33.5 Å². The molecule has 0 saturated carbocycles. The molecule has 0 unspecified atom stereocenters. The van der Waals surface area contributed by atoms with Crippen LogP contribution in [0.5, 0.6) is 11.5 Å². The Morgan fingerprint density at radius 2 is 1.76 bits per heavy atom. The highest BCUT2D eigenvalue weighted by atomic mass is 79.9. The average Bonchev–Trinajstić information content (AvgIpc) is 2.83. The van der Waals surface area contributed by atoms with Crippen molar-refractivity contribution in [1.82, 2.24) is 0 Å². The Kier molecular flexibility index (Phi) is 8.83. The van der Waals surface area contributed by atoms with Crippen molar-refractivity contribution in [1.29, 1.82) is 0 Å². The molecule has 0 amide bonds. The van der Waals surface area contributed by atoms with Gasteiger partial charge < -0.3 is 9.47 Å². The number of nitro groups is 1. The lowest BCUT2D eigenvalue weighted by Gasteiger charge is -2.12. The maximum absolute atomic E-state index is 10.7. The lowest BCUT2D eigenvalue weighted by molar-refractivity contribution is -0.384. The lowest BCUT2D eigenvalue weighted by Crippen LogP contribution is -2.10. The van der Waals surface area contributed by atoms with E-state index in [-0.39, 0.29) is 5.69 Å². The number of nitrogens with zero attached hydrogens (tertiary/aromatic N) is 2. The third-order valence-electron chi connectivity index (χ3n) is 5.12. The number of ether oxygens (including phenoxy) is 2. The Labute approximate surface area is 201 Å². The van der Waals surface area contributed by atoms with Crippen LogP contribution in [0.3, 0.4) is 0 Å². The summed E-state index contributed by atoms with van der Waals surface area (Å²) in [6, 6.07) is 19.9. The van der Waals surface area contributed by atoms with Crippen LogP contribution in [0.25, 0.3) is 0 Å². The van der Waals surface area contributed by atoms with Crippen LogP contribution < -0.4 is 14.9 Å². The molecule has 33 heavy (non-hydrogen) atoms. The smallest absolute Gasteiger partial charge is 0.269 e. The van der Waals surface area contributed by atoms with E-state index in [1.54, 1.807) is 18.3 Å². The molecular formula is C25H26BrN3O4. The average molecular weight is 512 g/mol. The summed E-state index contributed by atoms with van der Waals surface area (Å²) in [5, 5.41) is 15.0.